The number of terminal acetylenes is 1. The van der Waals surface area contributed by atoms with Crippen molar-refractivity contribution in [2.45, 2.75) is 6.18 Å². The third-order valence-corrected chi connectivity index (χ3v) is 2.40. The summed E-state index contributed by atoms with van der Waals surface area (Å²) in [5.74, 6) is 0.933. The average molecular weight is 278 g/mol. The lowest BCUT2D eigenvalue weighted by atomic mass is 10.2. The molecule has 0 radical (unpaired) electrons. The topological polar surface area (TPSA) is 18.5 Å². The quantitative estimate of drug-likeness (QED) is 0.771. The maximum Gasteiger partial charge on any atom is 0.416 e. The molecule has 0 spiro atoms. The SMILES string of the molecule is C#COc1ccc(Oc2cccc(C(F)(F)F)c2)cc1. The van der Waals surface area contributed by atoms with Crippen molar-refractivity contribution in [3.8, 4) is 29.8 Å². The highest BCUT2D eigenvalue weighted by Gasteiger charge is 2.30. The Kier molecular flexibility index (Phi) is 3.85. The Hall–Kier alpha value is -2.61. The predicted molar refractivity (Wildman–Crippen MR) is 67.4 cm³/mol. The smallest absolute Gasteiger partial charge is 0.416 e. The number of halogens is 3. The second-order valence-electron chi connectivity index (χ2n) is 3.82. The molecule has 0 atom stereocenters. The summed E-state index contributed by atoms with van der Waals surface area (Å²) >= 11 is 0. The van der Waals surface area contributed by atoms with Crippen molar-refractivity contribution in [2.24, 2.45) is 0 Å². The first kappa shape index (κ1) is 13.8. The van der Waals surface area contributed by atoms with Crippen LogP contribution in [0.4, 0.5) is 13.2 Å². The summed E-state index contributed by atoms with van der Waals surface area (Å²) in [4.78, 5) is 0. The summed E-state index contributed by atoms with van der Waals surface area (Å²) in [5, 5.41) is 0. The van der Waals surface area contributed by atoms with Gasteiger partial charge in [0.25, 0.3) is 0 Å². The monoisotopic (exact) mass is 278 g/mol. The Labute approximate surface area is 113 Å². The van der Waals surface area contributed by atoms with Gasteiger partial charge in [-0.3, -0.25) is 0 Å². The molecule has 2 nitrogen and oxygen atoms in total. The normalized spacial score (nSPS) is 10.7. The van der Waals surface area contributed by atoms with Gasteiger partial charge >= 0.3 is 6.18 Å². The van der Waals surface area contributed by atoms with Gasteiger partial charge in [0.2, 0.25) is 0 Å². The highest BCUT2D eigenvalue weighted by molar-refractivity contribution is 5.37. The van der Waals surface area contributed by atoms with Crippen molar-refractivity contribution in [1.29, 1.82) is 0 Å². The van der Waals surface area contributed by atoms with E-state index in [4.69, 9.17) is 15.9 Å². The van der Waals surface area contributed by atoms with Gasteiger partial charge in [-0.1, -0.05) is 12.5 Å². The Morgan fingerprint density at radius 2 is 1.55 bits per heavy atom. The molecule has 0 unspecified atom stereocenters. The molecular weight excluding hydrogens is 269 g/mol. The van der Waals surface area contributed by atoms with Gasteiger partial charge in [-0.25, -0.2) is 0 Å². The van der Waals surface area contributed by atoms with Crippen LogP contribution < -0.4 is 9.47 Å². The lowest BCUT2D eigenvalue weighted by molar-refractivity contribution is -0.137. The predicted octanol–water partition coefficient (Wildman–Crippen LogP) is 4.47. The van der Waals surface area contributed by atoms with Gasteiger partial charge in [-0.2, -0.15) is 13.2 Å². The number of rotatable bonds is 3. The minimum atomic E-state index is -4.40. The molecule has 0 aliphatic rings. The van der Waals surface area contributed by atoms with E-state index in [-0.39, 0.29) is 5.75 Å². The summed E-state index contributed by atoms with van der Waals surface area (Å²) in [6.45, 7) is 0. The molecule has 0 heterocycles. The molecule has 2 aromatic rings. The van der Waals surface area contributed by atoms with Crippen LogP contribution in [0.15, 0.2) is 48.5 Å². The molecular formula is C15H9F3O2. The van der Waals surface area contributed by atoms with Crippen LogP contribution in [0.5, 0.6) is 17.2 Å². The van der Waals surface area contributed by atoms with Crippen LogP contribution in [0.3, 0.4) is 0 Å². The molecule has 0 fully saturated rings. The van der Waals surface area contributed by atoms with E-state index < -0.39 is 11.7 Å². The molecule has 0 aliphatic heterocycles. The first-order valence-corrected chi connectivity index (χ1v) is 5.56. The lowest BCUT2D eigenvalue weighted by Crippen LogP contribution is -2.04. The molecule has 0 saturated carbocycles. The van der Waals surface area contributed by atoms with E-state index in [1.165, 1.54) is 12.1 Å². The molecule has 2 rings (SSSR count). The molecule has 20 heavy (non-hydrogen) atoms. The number of alkyl halides is 3. The van der Waals surface area contributed by atoms with E-state index in [1.54, 1.807) is 24.3 Å². The summed E-state index contributed by atoms with van der Waals surface area (Å²) in [6.07, 6.45) is 2.58. The van der Waals surface area contributed by atoms with Gasteiger partial charge in [0.1, 0.15) is 23.4 Å². The minimum Gasteiger partial charge on any atom is -0.457 e. The van der Waals surface area contributed by atoms with Crippen LogP contribution in [-0.2, 0) is 6.18 Å². The van der Waals surface area contributed by atoms with Crippen LogP contribution in [0.25, 0.3) is 0 Å². The molecule has 5 heteroatoms. The Morgan fingerprint density at radius 1 is 0.900 bits per heavy atom. The van der Waals surface area contributed by atoms with Gasteiger partial charge in [0.15, 0.2) is 0 Å². The molecule has 0 saturated heterocycles. The molecule has 0 aliphatic carbocycles. The van der Waals surface area contributed by atoms with Gasteiger partial charge in [0, 0.05) is 0 Å². The van der Waals surface area contributed by atoms with Gasteiger partial charge in [-0.15, -0.1) is 0 Å². The zero-order chi connectivity index (χ0) is 14.6. The summed E-state index contributed by atoms with van der Waals surface area (Å²) < 4.78 is 47.8. The summed E-state index contributed by atoms with van der Waals surface area (Å²) in [6, 6.07) is 10.9. The van der Waals surface area contributed by atoms with Crippen molar-refractivity contribution in [3.63, 3.8) is 0 Å². The van der Waals surface area contributed by atoms with E-state index in [9.17, 15) is 13.2 Å². The lowest BCUT2D eigenvalue weighted by Gasteiger charge is -2.10. The molecule has 0 bridgehead atoms. The van der Waals surface area contributed by atoms with Gasteiger partial charge in [-0.05, 0) is 42.5 Å². The van der Waals surface area contributed by atoms with E-state index >= 15 is 0 Å². The maximum absolute atomic E-state index is 12.6. The van der Waals surface area contributed by atoms with E-state index in [0.29, 0.717) is 11.5 Å². The van der Waals surface area contributed by atoms with Crippen molar-refractivity contribution in [3.05, 3.63) is 54.1 Å². The first-order chi connectivity index (χ1) is 9.49. The Balaban J connectivity index is 2.16. The number of hydrogen-bond donors (Lipinski definition) is 0. The van der Waals surface area contributed by atoms with E-state index in [2.05, 4.69) is 0 Å². The highest BCUT2D eigenvalue weighted by Crippen LogP contribution is 2.32. The summed E-state index contributed by atoms with van der Waals surface area (Å²) in [7, 11) is 0. The second-order valence-corrected chi connectivity index (χ2v) is 3.82. The fourth-order valence-electron chi connectivity index (χ4n) is 1.52. The van der Waals surface area contributed by atoms with Gasteiger partial charge in [0.05, 0.1) is 5.56 Å². The van der Waals surface area contributed by atoms with Crippen molar-refractivity contribution < 1.29 is 22.6 Å². The number of ether oxygens (including phenoxy) is 2. The molecule has 2 aromatic carbocycles. The standard InChI is InChI=1S/C15H9F3O2/c1-2-19-12-6-8-13(9-7-12)20-14-5-3-4-11(10-14)15(16,17)18/h1,3-10H. The minimum absolute atomic E-state index is 0.102. The maximum atomic E-state index is 12.6. The highest BCUT2D eigenvalue weighted by atomic mass is 19.4. The van der Waals surface area contributed by atoms with Crippen LogP contribution in [-0.4, -0.2) is 0 Å². The van der Waals surface area contributed by atoms with Crippen LogP contribution in [0.1, 0.15) is 5.56 Å². The van der Waals surface area contributed by atoms with E-state index in [1.807, 2.05) is 6.11 Å². The Bertz CT molecular complexity index is 625. The molecule has 0 N–H and O–H groups in total. The summed E-state index contributed by atoms with van der Waals surface area (Å²) in [5.41, 5.74) is -0.762. The average Bonchev–Trinajstić information content (AvgIpc) is 2.41. The van der Waals surface area contributed by atoms with Crippen LogP contribution >= 0.6 is 0 Å². The van der Waals surface area contributed by atoms with Crippen LogP contribution in [0.2, 0.25) is 0 Å². The van der Waals surface area contributed by atoms with E-state index in [0.717, 1.165) is 12.1 Å². The van der Waals surface area contributed by atoms with Crippen molar-refractivity contribution in [1.82, 2.24) is 0 Å². The molecule has 0 amide bonds. The number of benzene rings is 2. The first-order valence-electron chi connectivity index (χ1n) is 5.56. The second kappa shape index (κ2) is 5.57. The van der Waals surface area contributed by atoms with Gasteiger partial charge < -0.3 is 9.47 Å². The number of hydrogen-bond acceptors (Lipinski definition) is 2. The third-order valence-electron chi connectivity index (χ3n) is 2.40. The largest absolute Gasteiger partial charge is 0.457 e. The van der Waals surface area contributed by atoms with Crippen molar-refractivity contribution >= 4 is 0 Å². The van der Waals surface area contributed by atoms with Crippen LogP contribution in [0, 0.1) is 12.5 Å². The van der Waals surface area contributed by atoms with Crippen molar-refractivity contribution in [2.75, 3.05) is 0 Å². The molecule has 0 aromatic heterocycles. The third kappa shape index (κ3) is 3.45. The zero-order valence-corrected chi connectivity index (χ0v) is 10.1. The Morgan fingerprint density at radius 3 is 2.15 bits per heavy atom. The fraction of sp³-hybridized carbons (Fsp3) is 0.0667. The molecule has 102 valence electrons. The zero-order valence-electron chi connectivity index (χ0n) is 10.1. The fourth-order valence-corrected chi connectivity index (χ4v) is 1.52.